The summed E-state index contributed by atoms with van der Waals surface area (Å²) in [4.78, 5) is 34.6. The summed E-state index contributed by atoms with van der Waals surface area (Å²) in [6.45, 7) is 5.66. The van der Waals surface area contributed by atoms with E-state index in [1.807, 2.05) is 30.3 Å². The first kappa shape index (κ1) is 26.4. The first-order chi connectivity index (χ1) is 17.6. The molecular weight excluding hydrogens is 471 g/mol. The zero-order chi connectivity index (χ0) is 26.6. The number of amides is 2. The molecule has 37 heavy (non-hydrogen) atoms. The van der Waals surface area contributed by atoms with Crippen LogP contribution < -0.4 is 10.6 Å². The minimum atomic E-state index is -0.691. The van der Waals surface area contributed by atoms with E-state index in [4.69, 9.17) is 4.98 Å². The van der Waals surface area contributed by atoms with E-state index in [2.05, 4.69) is 15.6 Å². The van der Waals surface area contributed by atoms with Crippen molar-refractivity contribution in [3.63, 3.8) is 0 Å². The normalized spacial score (nSPS) is 17.8. The maximum atomic E-state index is 15.2. The van der Waals surface area contributed by atoms with Gasteiger partial charge in [0, 0.05) is 23.4 Å². The van der Waals surface area contributed by atoms with Crippen LogP contribution in [0.4, 0.5) is 10.2 Å². The summed E-state index contributed by atoms with van der Waals surface area (Å²) in [5.41, 5.74) is 1.66. The number of nitrogens with one attached hydrogen (secondary N) is 2. The molecule has 194 valence electrons. The van der Waals surface area contributed by atoms with Gasteiger partial charge in [-0.2, -0.15) is 0 Å². The molecule has 2 amide bonds. The third kappa shape index (κ3) is 6.57. The van der Waals surface area contributed by atoms with Crippen LogP contribution in [0.2, 0.25) is 0 Å². The number of anilines is 1. The highest BCUT2D eigenvalue weighted by Crippen LogP contribution is 2.35. The molecule has 1 heterocycles. The van der Waals surface area contributed by atoms with E-state index in [1.165, 1.54) is 12.1 Å². The number of hydrogen-bond acceptors (Lipinski definition) is 5. The smallest absolute Gasteiger partial charge is 0.254 e. The van der Waals surface area contributed by atoms with Crippen molar-refractivity contribution < 1.29 is 19.1 Å². The second kappa shape index (κ2) is 11.2. The maximum Gasteiger partial charge on any atom is 0.254 e. The lowest BCUT2D eigenvalue weighted by atomic mass is 9.85. The van der Waals surface area contributed by atoms with E-state index in [-0.39, 0.29) is 35.9 Å². The van der Waals surface area contributed by atoms with Crippen LogP contribution in [0.25, 0.3) is 11.3 Å². The number of benzene rings is 2. The Hall–Kier alpha value is -3.65. The van der Waals surface area contributed by atoms with Gasteiger partial charge in [0.05, 0.1) is 23.6 Å². The molecule has 3 aromatic rings. The predicted molar refractivity (Wildman–Crippen MR) is 140 cm³/mol. The Labute approximate surface area is 216 Å². The third-order valence-corrected chi connectivity index (χ3v) is 6.60. The Morgan fingerprint density at radius 2 is 1.76 bits per heavy atom. The zero-order valence-electron chi connectivity index (χ0n) is 21.4. The van der Waals surface area contributed by atoms with Crippen LogP contribution >= 0.6 is 0 Å². The number of carbonyl (C=O) groups is 2. The summed E-state index contributed by atoms with van der Waals surface area (Å²) in [5.74, 6) is -1.09. The van der Waals surface area contributed by atoms with E-state index in [1.54, 1.807) is 33.0 Å². The fraction of sp³-hybridized carbons (Fsp3) is 0.379. The molecule has 7 nitrogen and oxygen atoms in total. The number of aromatic nitrogens is 2. The summed E-state index contributed by atoms with van der Waals surface area (Å²) in [7, 11) is 0. The van der Waals surface area contributed by atoms with Crippen molar-refractivity contribution in [2.75, 3.05) is 5.32 Å². The molecule has 0 bridgehead atoms. The highest BCUT2D eigenvalue weighted by atomic mass is 19.1. The van der Waals surface area contributed by atoms with Crippen molar-refractivity contribution in [2.45, 2.75) is 65.0 Å². The van der Waals surface area contributed by atoms with Crippen molar-refractivity contribution in [3.05, 3.63) is 77.4 Å². The highest BCUT2D eigenvalue weighted by molar-refractivity contribution is 5.97. The Morgan fingerprint density at radius 1 is 1.05 bits per heavy atom. The second-order valence-corrected chi connectivity index (χ2v) is 10.6. The molecule has 1 saturated carbocycles. The minimum absolute atomic E-state index is 0.0784. The lowest BCUT2D eigenvalue weighted by molar-refractivity contribution is -0.123. The quantitative estimate of drug-likeness (QED) is 0.427. The van der Waals surface area contributed by atoms with Gasteiger partial charge in [-0.1, -0.05) is 57.2 Å². The van der Waals surface area contributed by atoms with Crippen LogP contribution in [-0.2, 0) is 11.3 Å². The van der Waals surface area contributed by atoms with Crippen LogP contribution in [-0.4, -0.2) is 33.0 Å². The van der Waals surface area contributed by atoms with Gasteiger partial charge in [0.25, 0.3) is 5.91 Å². The van der Waals surface area contributed by atoms with Crippen molar-refractivity contribution in [1.82, 2.24) is 15.3 Å². The van der Waals surface area contributed by atoms with Crippen molar-refractivity contribution in [1.29, 1.82) is 0 Å². The Morgan fingerprint density at radius 3 is 2.41 bits per heavy atom. The van der Waals surface area contributed by atoms with Gasteiger partial charge < -0.3 is 15.7 Å². The monoisotopic (exact) mass is 504 g/mol. The van der Waals surface area contributed by atoms with Gasteiger partial charge in [-0.05, 0) is 43.4 Å². The van der Waals surface area contributed by atoms with Gasteiger partial charge in [-0.15, -0.1) is 0 Å². The molecule has 1 aliphatic rings. The average Bonchev–Trinajstić information content (AvgIpc) is 2.88. The molecule has 0 radical (unpaired) electrons. The number of aliphatic hydroxyl groups is 1. The molecule has 0 aliphatic heterocycles. The molecule has 1 aliphatic carbocycles. The van der Waals surface area contributed by atoms with E-state index in [0.717, 1.165) is 24.1 Å². The largest absolute Gasteiger partial charge is 0.393 e. The van der Waals surface area contributed by atoms with E-state index in [9.17, 15) is 14.7 Å². The average molecular weight is 505 g/mol. The molecule has 1 aromatic heterocycles. The fourth-order valence-electron chi connectivity index (χ4n) is 4.28. The summed E-state index contributed by atoms with van der Waals surface area (Å²) in [6.07, 6.45) is 4.27. The lowest BCUT2D eigenvalue weighted by Crippen LogP contribution is -2.28. The number of halogens is 1. The van der Waals surface area contributed by atoms with Crippen LogP contribution in [0.5, 0.6) is 0 Å². The lowest BCUT2D eigenvalue weighted by Gasteiger charge is -2.25. The van der Waals surface area contributed by atoms with Gasteiger partial charge in [-0.3, -0.25) is 9.59 Å². The number of carbonyl (C=O) groups excluding carboxylic acids is 2. The Kier molecular flexibility index (Phi) is 7.97. The van der Waals surface area contributed by atoms with Crippen molar-refractivity contribution >= 4 is 17.6 Å². The number of rotatable bonds is 6. The molecule has 1 fully saturated rings. The Bertz CT molecular complexity index is 1270. The summed E-state index contributed by atoms with van der Waals surface area (Å²) < 4.78 is 15.2. The first-order valence-electron chi connectivity index (χ1n) is 12.6. The molecule has 0 atom stereocenters. The maximum absolute atomic E-state index is 15.2. The molecule has 3 N–H and O–H groups in total. The van der Waals surface area contributed by atoms with Crippen LogP contribution in [0.15, 0.2) is 54.7 Å². The summed E-state index contributed by atoms with van der Waals surface area (Å²) in [6, 6.07) is 13.7. The number of aliphatic hydroxyl groups excluding tert-OH is 1. The zero-order valence-corrected chi connectivity index (χ0v) is 21.4. The standard InChI is InChI=1S/C29H33FN4O3/c1-29(2,3)28(37)34-26-25(33-24(17-31-26)19-9-12-21(35)13-10-19)20-11-14-22(23(30)15-20)27(36)32-16-18-7-5-4-6-8-18/h4-8,11,14-15,17,19,21,35H,9-10,12-13,16H2,1-3H3,(H,32,36)(H,31,34,37)/t19-,21-. The van der Waals surface area contributed by atoms with Gasteiger partial charge in [0.1, 0.15) is 11.5 Å². The molecule has 4 rings (SSSR count). The predicted octanol–water partition coefficient (Wildman–Crippen LogP) is 5.22. The summed E-state index contributed by atoms with van der Waals surface area (Å²) in [5, 5.41) is 15.4. The van der Waals surface area contributed by atoms with Gasteiger partial charge in [0.2, 0.25) is 5.91 Å². The van der Waals surface area contributed by atoms with Crippen molar-refractivity contribution in [3.8, 4) is 11.3 Å². The molecule has 0 saturated heterocycles. The SMILES string of the molecule is CC(C)(C)C(=O)Nc1ncc([C@H]2CC[C@H](O)CC2)nc1-c1ccc(C(=O)NCc2ccccc2)c(F)c1. The first-order valence-corrected chi connectivity index (χ1v) is 12.6. The molecule has 8 heteroatoms. The third-order valence-electron chi connectivity index (χ3n) is 6.60. The Balaban J connectivity index is 1.62. The van der Waals surface area contributed by atoms with Gasteiger partial charge in [-0.25, -0.2) is 14.4 Å². The van der Waals surface area contributed by atoms with Gasteiger partial charge in [0.15, 0.2) is 5.82 Å². The molecule has 0 spiro atoms. The molecule has 0 unspecified atom stereocenters. The van der Waals surface area contributed by atoms with Gasteiger partial charge >= 0.3 is 0 Å². The fourth-order valence-corrected chi connectivity index (χ4v) is 4.28. The number of hydrogen-bond donors (Lipinski definition) is 3. The molecule has 2 aromatic carbocycles. The molecular formula is C29H33FN4O3. The minimum Gasteiger partial charge on any atom is -0.393 e. The van der Waals surface area contributed by atoms with Crippen LogP contribution in [0.1, 0.15) is 74.0 Å². The van der Waals surface area contributed by atoms with Crippen LogP contribution in [0, 0.1) is 11.2 Å². The topological polar surface area (TPSA) is 104 Å². The number of nitrogens with zero attached hydrogens (tertiary/aromatic N) is 2. The van der Waals surface area contributed by atoms with Crippen molar-refractivity contribution in [2.24, 2.45) is 5.41 Å². The summed E-state index contributed by atoms with van der Waals surface area (Å²) >= 11 is 0. The van der Waals surface area contributed by atoms with Crippen LogP contribution in [0.3, 0.4) is 0 Å². The van der Waals surface area contributed by atoms with E-state index in [0.29, 0.717) is 24.1 Å². The highest BCUT2D eigenvalue weighted by Gasteiger charge is 2.26. The van der Waals surface area contributed by atoms with E-state index >= 15 is 4.39 Å². The van der Waals surface area contributed by atoms with E-state index < -0.39 is 17.1 Å². The second-order valence-electron chi connectivity index (χ2n) is 10.6.